The number of likely N-dealkylation sites (tertiary alicyclic amines) is 1. The smallest absolute Gasteiger partial charge is 0.253 e. The lowest BCUT2D eigenvalue weighted by atomic mass is 9.97. The number of ether oxygens (including phenoxy) is 2. The minimum atomic E-state index is -0.300. The van der Waals surface area contributed by atoms with Crippen molar-refractivity contribution in [1.82, 2.24) is 10.2 Å². The van der Waals surface area contributed by atoms with Gasteiger partial charge in [0.25, 0.3) is 5.91 Å². The van der Waals surface area contributed by atoms with Crippen LogP contribution >= 0.6 is 0 Å². The van der Waals surface area contributed by atoms with Crippen LogP contribution in [0, 0.1) is 5.92 Å². The van der Waals surface area contributed by atoms with Gasteiger partial charge in [-0.1, -0.05) is 18.2 Å². The number of nitrogens with one attached hydrogen (secondary N) is 1. The molecular weight excluding hydrogens is 280 g/mol. The molecule has 5 nitrogen and oxygen atoms in total. The van der Waals surface area contributed by atoms with E-state index >= 15 is 0 Å². The number of hydrogen-bond acceptors (Lipinski definition) is 4. The summed E-state index contributed by atoms with van der Waals surface area (Å²) in [7, 11) is 0. The zero-order valence-electron chi connectivity index (χ0n) is 12.9. The van der Waals surface area contributed by atoms with E-state index < -0.39 is 0 Å². The van der Waals surface area contributed by atoms with Crippen molar-refractivity contribution >= 4 is 5.91 Å². The number of benzene rings is 1. The summed E-state index contributed by atoms with van der Waals surface area (Å²) in [5, 5.41) is 3.21. The Balaban J connectivity index is 1.41. The van der Waals surface area contributed by atoms with Crippen LogP contribution in [0.2, 0.25) is 0 Å². The molecule has 1 amide bonds. The van der Waals surface area contributed by atoms with Crippen LogP contribution in [-0.4, -0.2) is 56.3 Å². The molecule has 3 rings (SSSR count). The van der Waals surface area contributed by atoms with Gasteiger partial charge in [-0.05, 0) is 30.9 Å². The van der Waals surface area contributed by atoms with Crippen molar-refractivity contribution in [3.05, 3.63) is 30.3 Å². The van der Waals surface area contributed by atoms with Crippen LogP contribution in [0.5, 0.6) is 5.75 Å². The minimum absolute atomic E-state index is 0.134. The summed E-state index contributed by atoms with van der Waals surface area (Å²) in [4.78, 5) is 14.3. The van der Waals surface area contributed by atoms with E-state index in [0.29, 0.717) is 19.1 Å². The molecule has 0 saturated carbocycles. The Kier molecular flexibility index (Phi) is 5.29. The van der Waals surface area contributed by atoms with Gasteiger partial charge in [-0.2, -0.15) is 0 Å². The van der Waals surface area contributed by atoms with E-state index in [-0.39, 0.29) is 12.0 Å². The zero-order valence-corrected chi connectivity index (χ0v) is 12.9. The van der Waals surface area contributed by atoms with Gasteiger partial charge in [0, 0.05) is 26.2 Å². The largest absolute Gasteiger partial charge is 0.493 e. The maximum atomic E-state index is 12.4. The Morgan fingerprint density at radius 3 is 2.73 bits per heavy atom. The van der Waals surface area contributed by atoms with Crippen LogP contribution in [0.25, 0.3) is 0 Å². The van der Waals surface area contributed by atoms with Crippen LogP contribution in [0.1, 0.15) is 12.8 Å². The molecule has 22 heavy (non-hydrogen) atoms. The number of morpholine rings is 1. The molecule has 5 heteroatoms. The molecule has 1 aromatic carbocycles. The fourth-order valence-corrected chi connectivity index (χ4v) is 2.98. The molecule has 1 aromatic rings. The summed E-state index contributed by atoms with van der Waals surface area (Å²) < 4.78 is 11.4. The minimum Gasteiger partial charge on any atom is -0.493 e. The molecule has 1 unspecified atom stereocenters. The first-order valence-electron chi connectivity index (χ1n) is 8.12. The van der Waals surface area contributed by atoms with Crippen LogP contribution < -0.4 is 10.1 Å². The highest BCUT2D eigenvalue weighted by atomic mass is 16.5. The van der Waals surface area contributed by atoms with Crippen molar-refractivity contribution in [3.63, 3.8) is 0 Å². The quantitative estimate of drug-likeness (QED) is 0.911. The predicted molar refractivity (Wildman–Crippen MR) is 83.9 cm³/mol. The third-order valence-electron chi connectivity index (χ3n) is 4.36. The van der Waals surface area contributed by atoms with E-state index in [4.69, 9.17) is 9.47 Å². The predicted octanol–water partition coefficient (Wildman–Crippen LogP) is 1.29. The molecule has 0 aliphatic carbocycles. The van der Waals surface area contributed by atoms with Gasteiger partial charge in [-0.15, -0.1) is 0 Å². The molecule has 0 spiro atoms. The molecule has 0 aromatic heterocycles. The number of amides is 1. The first kappa shape index (κ1) is 15.3. The second-order valence-corrected chi connectivity index (χ2v) is 5.96. The average molecular weight is 304 g/mol. The molecule has 2 saturated heterocycles. The van der Waals surface area contributed by atoms with Crippen molar-refractivity contribution in [2.75, 3.05) is 39.4 Å². The van der Waals surface area contributed by atoms with E-state index in [9.17, 15) is 4.79 Å². The van der Waals surface area contributed by atoms with Crippen LogP contribution in [0.15, 0.2) is 30.3 Å². The van der Waals surface area contributed by atoms with E-state index in [0.717, 1.165) is 44.8 Å². The number of para-hydroxylation sites is 1. The van der Waals surface area contributed by atoms with Crippen LogP contribution in [-0.2, 0) is 9.53 Å². The summed E-state index contributed by atoms with van der Waals surface area (Å²) >= 11 is 0. The van der Waals surface area contributed by atoms with Crippen molar-refractivity contribution in [2.24, 2.45) is 5.92 Å². The zero-order chi connectivity index (χ0) is 15.2. The van der Waals surface area contributed by atoms with Crippen LogP contribution in [0.3, 0.4) is 0 Å². The van der Waals surface area contributed by atoms with Crippen molar-refractivity contribution < 1.29 is 14.3 Å². The van der Waals surface area contributed by atoms with Crippen LogP contribution in [0.4, 0.5) is 0 Å². The number of carbonyl (C=O) groups excluding carboxylic acids is 1. The first-order valence-corrected chi connectivity index (χ1v) is 8.12. The highest BCUT2D eigenvalue weighted by Crippen LogP contribution is 2.20. The van der Waals surface area contributed by atoms with E-state index in [1.54, 1.807) is 0 Å². The lowest BCUT2D eigenvalue weighted by Gasteiger charge is -2.35. The van der Waals surface area contributed by atoms with E-state index in [1.807, 2.05) is 35.2 Å². The van der Waals surface area contributed by atoms with Gasteiger partial charge in [-0.25, -0.2) is 0 Å². The number of rotatable bonds is 4. The van der Waals surface area contributed by atoms with Crippen molar-refractivity contribution in [1.29, 1.82) is 0 Å². The second-order valence-electron chi connectivity index (χ2n) is 5.96. The second kappa shape index (κ2) is 7.61. The summed E-state index contributed by atoms with van der Waals surface area (Å²) in [6.07, 6.45) is 1.70. The Hall–Kier alpha value is -1.59. The van der Waals surface area contributed by atoms with Gasteiger partial charge in [0.1, 0.15) is 11.9 Å². The fourth-order valence-electron chi connectivity index (χ4n) is 2.98. The molecule has 1 atom stereocenters. The summed E-state index contributed by atoms with van der Waals surface area (Å²) in [5.41, 5.74) is 0. The first-order chi connectivity index (χ1) is 10.8. The Morgan fingerprint density at radius 1 is 1.27 bits per heavy atom. The van der Waals surface area contributed by atoms with Gasteiger partial charge in [0.2, 0.25) is 0 Å². The summed E-state index contributed by atoms with van der Waals surface area (Å²) in [6.45, 7) is 4.44. The van der Waals surface area contributed by atoms with Gasteiger partial charge < -0.3 is 19.7 Å². The Bertz CT molecular complexity index is 466. The highest BCUT2D eigenvalue weighted by Gasteiger charge is 2.30. The maximum absolute atomic E-state index is 12.4. The van der Waals surface area contributed by atoms with Gasteiger partial charge in [-0.3, -0.25) is 4.79 Å². The van der Waals surface area contributed by atoms with Gasteiger partial charge >= 0.3 is 0 Å². The monoisotopic (exact) mass is 304 g/mol. The summed E-state index contributed by atoms with van der Waals surface area (Å²) in [5.74, 6) is 1.58. The molecule has 2 fully saturated rings. The average Bonchev–Trinajstić information content (AvgIpc) is 2.61. The molecule has 2 aliphatic rings. The molecule has 0 bridgehead atoms. The number of nitrogens with zero attached hydrogens (tertiary/aromatic N) is 1. The van der Waals surface area contributed by atoms with E-state index in [2.05, 4.69) is 5.32 Å². The number of carbonyl (C=O) groups is 1. The molecule has 2 aliphatic heterocycles. The molecule has 2 heterocycles. The standard InChI is InChI=1S/C17H24N2O3/c20-17(16-12-18-8-11-21-16)19-9-6-14(7-10-19)13-22-15-4-2-1-3-5-15/h1-5,14,16,18H,6-13H2. The Labute approximate surface area is 131 Å². The van der Waals surface area contributed by atoms with Gasteiger partial charge in [0.15, 0.2) is 0 Å². The topological polar surface area (TPSA) is 50.8 Å². The van der Waals surface area contributed by atoms with Crippen molar-refractivity contribution in [2.45, 2.75) is 18.9 Å². The summed E-state index contributed by atoms with van der Waals surface area (Å²) in [6, 6.07) is 9.90. The lowest BCUT2D eigenvalue weighted by molar-refractivity contribution is -0.146. The third kappa shape index (κ3) is 3.99. The van der Waals surface area contributed by atoms with Crippen molar-refractivity contribution in [3.8, 4) is 5.75 Å². The maximum Gasteiger partial charge on any atom is 0.253 e. The van der Waals surface area contributed by atoms with E-state index in [1.165, 1.54) is 0 Å². The van der Waals surface area contributed by atoms with Gasteiger partial charge in [0.05, 0.1) is 13.2 Å². The third-order valence-corrected chi connectivity index (χ3v) is 4.36. The number of hydrogen-bond donors (Lipinski definition) is 1. The molecule has 120 valence electrons. The SMILES string of the molecule is O=C(C1CNCCO1)N1CCC(COc2ccccc2)CC1. The molecule has 0 radical (unpaired) electrons. The number of piperidine rings is 1. The highest BCUT2D eigenvalue weighted by molar-refractivity contribution is 5.81. The normalized spacial score (nSPS) is 23.3. The Morgan fingerprint density at radius 2 is 2.05 bits per heavy atom. The molecular formula is C17H24N2O3. The lowest BCUT2D eigenvalue weighted by Crippen LogP contribution is -2.51. The fraction of sp³-hybridized carbons (Fsp3) is 0.588. The molecule has 1 N–H and O–H groups in total.